The molecule has 8 heteroatoms. The molecular formula is C24H28N6O2. The molecule has 3 heterocycles. The molecule has 1 unspecified atom stereocenters. The zero-order valence-corrected chi connectivity index (χ0v) is 18.3. The predicted octanol–water partition coefficient (Wildman–Crippen LogP) is 3.97. The third-order valence-corrected chi connectivity index (χ3v) is 5.26. The van der Waals surface area contributed by atoms with Gasteiger partial charge in [-0.15, -0.1) is 5.11 Å². The lowest BCUT2D eigenvalue weighted by Gasteiger charge is -2.28. The number of nitrogens with zero attached hydrogens (tertiary/aromatic N) is 6. The molecule has 0 spiro atoms. The van der Waals surface area contributed by atoms with Crippen LogP contribution < -0.4 is 4.90 Å². The highest BCUT2D eigenvalue weighted by Gasteiger charge is 2.16. The minimum Gasteiger partial charge on any atom is -0.387 e. The number of aryl methyl sites for hydroxylation is 2. The lowest BCUT2D eigenvalue weighted by molar-refractivity contribution is 0.122. The fourth-order valence-corrected chi connectivity index (χ4v) is 3.57. The first-order chi connectivity index (χ1) is 15.7. The summed E-state index contributed by atoms with van der Waals surface area (Å²) in [6.45, 7) is 5.43. The van der Waals surface area contributed by atoms with Crippen LogP contribution in [0.3, 0.4) is 0 Å². The van der Waals surface area contributed by atoms with E-state index < -0.39 is 6.10 Å². The van der Waals surface area contributed by atoms with Gasteiger partial charge in [-0.1, -0.05) is 35.9 Å². The molecule has 1 aliphatic heterocycles. The molecule has 1 aromatic carbocycles. The summed E-state index contributed by atoms with van der Waals surface area (Å²) in [5, 5.41) is 19.2. The van der Waals surface area contributed by atoms with Crippen molar-refractivity contribution in [3.8, 4) is 0 Å². The van der Waals surface area contributed by atoms with Crippen molar-refractivity contribution in [3.05, 3.63) is 77.4 Å². The van der Waals surface area contributed by atoms with Gasteiger partial charge in [0.2, 0.25) is 0 Å². The van der Waals surface area contributed by atoms with Crippen LogP contribution in [0, 0.1) is 6.92 Å². The molecule has 4 rings (SSSR count). The van der Waals surface area contributed by atoms with E-state index in [1.165, 1.54) is 5.56 Å². The standard InChI is InChI=1S/C24H28N6O2/c1-18-5-4-6-19(15-18)17-26-29-23-16-24(30-11-13-32-14-12-30)28-22(27-23)9-8-21(31)20-7-2-3-10-25-20/h2-7,10,15-16,21,31H,8-9,11-14,17H2,1H3. The SMILES string of the molecule is Cc1cccc(CN=Nc2cc(N3CCOCC3)nc(CCC(O)c3ccccn3)n2)c1. The maximum atomic E-state index is 10.5. The molecule has 1 saturated heterocycles. The summed E-state index contributed by atoms with van der Waals surface area (Å²) < 4.78 is 5.47. The Labute approximate surface area is 188 Å². The molecule has 2 aromatic heterocycles. The Morgan fingerprint density at radius 1 is 1.09 bits per heavy atom. The molecule has 1 atom stereocenters. The maximum Gasteiger partial charge on any atom is 0.179 e. The Morgan fingerprint density at radius 3 is 2.75 bits per heavy atom. The van der Waals surface area contributed by atoms with Gasteiger partial charge in [0.05, 0.1) is 31.6 Å². The van der Waals surface area contributed by atoms with Crippen LogP contribution in [-0.2, 0) is 17.7 Å². The molecule has 8 nitrogen and oxygen atoms in total. The highest BCUT2D eigenvalue weighted by Crippen LogP contribution is 2.22. The molecule has 0 bridgehead atoms. The largest absolute Gasteiger partial charge is 0.387 e. The van der Waals surface area contributed by atoms with Crippen molar-refractivity contribution in [3.63, 3.8) is 0 Å². The van der Waals surface area contributed by atoms with Gasteiger partial charge in [0, 0.05) is 31.8 Å². The van der Waals surface area contributed by atoms with Crippen LogP contribution in [0.5, 0.6) is 0 Å². The quantitative estimate of drug-likeness (QED) is 0.541. The number of azo groups is 1. The topological polar surface area (TPSA) is 96.1 Å². The van der Waals surface area contributed by atoms with Gasteiger partial charge in [0.1, 0.15) is 11.6 Å². The van der Waals surface area contributed by atoms with Crippen molar-refractivity contribution in [2.45, 2.75) is 32.4 Å². The van der Waals surface area contributed by atoms with Crippen LogP contribution in [-0.4, -0.2) is 46.4 Å². The second-order valence-electron chi connectivity index (χ2n) is 7.80. The van der Waals surface area contributed by atoms with E-state index in [0.717, 1.165) is 24.5 Å². The van der Waals surface area contributed by atoms with Crippen molar-refractivity contribution in [1.82, 2.24) is 15.0 Å². The van der Waals surface area contributed by atoms with Crippen LogP contribution in [0.2, 0.25) is 0 Å². The third kappa shape index (κ3) is 6.15. The minimum atomic E-state index is -0.668. The number of benzene rings is 1. The number of morpholine rings is 1. The van der Waals surface area contributed by atoms with E-state index in [1.54, 1.807) is 6.20 Å². The number of anilines is 1. The summed E-state index contributed by atoms with van der Waals surface area (Å²) in [7, 11) is 0. The molecule has 0 saturated carbocycles. The Bertz CT molecular complexity index is 1040. The molecule has 0 amide bonds. The normalized spacial score (nSPS) is 15.2. The number of hydrogen-bond donors (Lipinski definition) is 1. The fourth-order valence-electron chi connectivity index (χ4n) is 3.57. The van der Waals surface area contributed by atoms with Gasteiger partial charge in [-0.3, -0.25) is 4.98 Å². The monoisotopic (exact) mass is 432 g/mol. The predicted molar refractivity (Wildman–Crippen MR) is 122 cm³/mol. The van der Waals surface area contributed by atoms with Gasteiger partial charge in [0.15, 0.2) is 5.82 Å². The zero-order valence-electron chi connectivity index (χ0n) is 18.3. The number of ether oxygens (including phenoxy) is 1. The second-order valence-corrected chi connectivity index (χ2v) is 7.80. The summed E-state index contributed by atoms with van der Waals surface area (Å²) in [5.74, 6) is 1.97. The zero-order chi connectivity index (χ0) is 22.2. The molecule has 1 aliphatic rings. The first kappa shape index (κ1) is 22.0. The van der Waals surface area contributed by atoms with Crippen LogP contribution in [0.4, 0.5) is 11.6 Å². The van der Waals surface area contributed by atoms with Gasteiger partial charge in [0.25, 0.3) is 0 Å². The first-order valence-electron chi connectivity index (χ1n) is 10.9. The Kier molecular flexibility index (Phi) is 7.47. The average Bonchev–Trinajstić information content (AvgIpc) is 2.83. The summed E-state index contributed by atoms with van der Waals surface area (Å²) in [4.78, 5) is 15.7. The Balaban J connectivity index is 1.50. The molecular weight excluding hydrogens is 404 g/mol. The summed E-state index contributed by atoms with van der Waals surface area (Å²) >= 11 is 0. The van der Waals surface area contributed by atoms with E-state index in [4.69, 9.17) is 9.72 Å². The molecule has 3 aromatic rings. The molecule has 1 fully saturated rings. The second kappa shape index (κ2) is 10.9. The lowest BCUT2D eigenvalue weighted by atomic mass is 10.1. The van der Waals surface area contributed by atoms with Gasteiger partial charge < -0.3 is 14.7 Å². The van der Waals surface area contributed by atoms with Crippen molar-refractivity contribution >= 4 is 11.6 Å². The molecule has 1 N–H and O–H groups in total. The van der Waals surface area contributed by atoms with Crippen LogP contribution in [0.25, 0.3) is 0 Å². The number of aromatic nitrogens is 3. The van der Waals surface area contributed by atoms with Gasteiger partial charge >= 0.3 is 0 Å². The van der Waals surface area contributed by atoms with Crippen molar-refractivity contribution in [1.29, 1.82) is 0 Å². The summed E-state index contributed by atoms with van der Waals surface area (Å²) in [6, 6.07) is 15.6. The van der Waals surface area contributed by atoms with E-state index in [0.29, 0.717) is 49.9 Å². The van der Waals surface area contributed by atoms with Crippen molar-refractivity contribution in [2.75, 3.05) is 31.2 Å². The third-order valence-electron chi connectivity index (χ3n) is 5.26. The summed E-state index contributed by atoms with van der Waals surface area (Å²) in [5.41, 5.74) is 2.95. The van der Waals surface area contributed by atoms with Crippen molar-refractivity contribution in [2.24, 2.45) is 10.2 Å². The number of aliphatic hydroxyl groups excluding tert-OH is 1. The van der Waals surface area contributed by atoms with Gasteiger partial charge in [-0.25, -0.2) is 9.97 Å². The highest BCUT2D eigenvalue weighted by molar-refractivity contribution is 5.46. The lowest BCUT2D eigenvalue weighted by Crippen LogP contribution is -2.36. The Morgan fingerprint density at radius 2 is 1.97 bits per heavy atom. The minimum absolute atomic E-state index is 0.476. The van der Waals surface area contributed by atoms with E-state index in [-0.39, 0.29) is 0 Å². The average molecular weight is 433 g/mol. The Hall–Kier alpha value is -3.23. The maximum absolute atomic E-state index is 10.5. The van der Waals surface area contributed by atoms with Crippen LogP contribution in [0.15, 0.2) is 65.0 Å². The molecule has 166 valence electrons. The van der Waals surface area contributed by atoms with E-state index in [9.17, 15) is 5.11 Å². The molecule has 0 radical (unpaired) electrons. The first-order valence-corrected chi connectivity index (χ1v) is 10.9. The van der Waals surface area contributed by atoms with Gasteiger partial charge in [-0.05, 0) is 31.0 Å². The smallest absolute Gasteiger partial charge is 0.179 e. The van der Waals surface area contributed by atoms with Crippen LogP contribution in [0.1, 0.15) is 35.2 Å². The van der Waals surface area contributed by atoms with Crippen molar-refractivity contribution < 1.29 is 9.84 Å². The highest BCUT2D eigenvalue weighted by atomic mass is 16.5. The number of aliphatic hydroxyl groups is 1. The van der Waals surface area contributed by atoms with E-state index >= 15 is 0 Å². The van der Waals surface area contributed by atoms with E-state index in [1.807, 2.05) is 36.4 Å². The molecule has 0 aliphatic carbocycles. The number of rotatable bonds is 8. The molecule has 32 heavy (non-hydrogen) atoms. The van der Waals surface area contributed by atoms with E-state index in [2.05, 4.69) is 44.2 Å². The number of pyridine rings is 1. The number of hydrogen-bond acceptors (Lipinski definition) is 8. The van der Waals surface area contributed by atoms with Crippen LogP contribution >= 0.6 is 0 Å². The fraction of sp³-hybridized carbons (Fsp3) is 0.375. The summed E-state index contributed by atoms with van der Waals surface area (Å²) in [6.07, 6.45) is 2.00. The van der Waals surface area contributed by atoms with Gasteiger partial charge in [-0.2, -0.15) is 5.11 Å².